The zero-order valence-electron chi connectivity index (χ0n) is 17.7. The smallest absolute Gasteiger partial charge is 0.227 e. The fourth-order valence-corrected chi connectivity index (χ4v) is 3.57. The highest BCUT2D eigenvalue weighted by Crippen LogP contribution is 2.25. The van der Waals surface area contributed by atoms with E-state index in [1.54, 1.807) is 12.0 Å². The molecule has 1 amide bonds. The van der Waals surface area contributed by atoms with E-state index in [4.69, 9.17) is 9.84 Å². The van der Waals surface area contributed by atoms with Crippen LogP contribution >= 0.6 is 0 Å². The lowest BCUT2D eigenvalue weighted by Gasteiger charge is -2.18. The second kappa shape index (κ2) is 9.30. The highest BCUT2D eigenvalue weighted by Gasteiger charge is 2.18. The SMILES string of the molecule is COc1ccccc1CC(=O)N(C)Cc1cn(-c2ccccc2)nc1-c1ccccc1. The molecule has 0 bridgehead atoms. The molecule has 4 rings (SSSR count). The van der Waals surface area contributed by atoms with E-state index in [-0.39, 0.29) is 12.3 Å². The molecule has 0 fully saturated rings. The number of para-hydroxylation sites is 2. The molecule has 0 radical (unpaired) electrons. The summed E-state index contributed by atoms with van der Waals surface area (Å²) in [5.41, 5.74) is 4.75. The van der Waals surface area contributed by atoms with E-state index in [0.717, 1.165) is 33.8 Å². The normalized spacial score (nSPS) is 10.6. The van der Waals surface area contributed by atoms with Crippen LogP contribution in [0.4, 0.5) is 0 Å². The fourth-order valence-electron chi connectivity index (χ4n) is 3.57. The van der Waals surface area contributed by atoms with Crippen molar-refractivity contribution in [2.75, 3.05) is 14.2 Å². The van der Waals surface area contributed by atoms with Crippen molar-refractivity contribution in [1.82, 2.24) is 14.7 Å². The second-order valence-electron chi connectivity index (χ2n) is 7.39. The van der Waals surface area contributed by atoms with Gasteiger partial charge in [0.15, 0.2) is 0 Å². The summed E-state index contributed by atoms with van der Waals surface area (Å²) in [4.78, 5) is 14.7. The maximum atomic E-state index is 13.0. The number of methoxy groups -OCH3 is 1. The van der Waals surface area contributed by atoms with Gasteiger partial charge in [0.2, 0.25) is 5.91 Å². The molecule has 0 saturated carbocycles. The van der Waals surface area contributed by atoms with Crippen LogP contribution in [0, 0.1) is 0 Å². The molecule has 5 nitrogen and oxygen atoms in total. The highest BCUT2D eigenvalue weighted by atomic mass is 16.5. The van der Waals surface area contributed by atoms with Crippen LogP contribution in [-0.2, 0) is 17.8 Å². The number of ether oxygens (including phenoxy) is 1. The molecule has 0 atom stereocenters. The van der Waals surface area contributed by atoms with E-state index >= 15 is 0 Å². The molecule has 0 unspecified atom stereocenters. The van der Waals surface area contributed by atoms with E-state index in [0.29, 0.717) is 6.54 Å². The quantitative estimate of drug-likeness (QED) is 0.441. The summed E-state index contributed by atoms with van der Waals surface area (Å²) in [6.45, 7) is 0.463. The second-order valence-corrected chi connectivity index (χ2v) is 7.39. The van der Waals surface area contributed by atoms with Crippen molar-refractivity contribution in [3.8, 4) is 22.7 Å². The van der Waals surface area contributed by atoms with E-state index in [1.807, 2.05) is 103 Å². The zero-order valence-corrected chi connectivity index (χ0v) is 17.7. The van der Waals surface area contributed by atoms with Gasteiger partial charge in [0.05, 0.1) is 24.9 Å². The van der Waals surface area contributed by atoms with Crippen LogP contribution < -0.4 is 4.74 Å². The van der Waals surface area contributed by atoms with Gasteiger partial charge < -0.3 is 9.64 Å². The summed E-state index contributed by atoms with van der Waals surface area (Å²) >= 11 is 0. The number of carbonyl (C=O) groups excluding carboxylic acids is 1. The van der Waals surface area contributed by atoms with Gasteiger partial charge in [0, 0.05) is 36.5 Å². The van der Waals surface area contributed by atoms with Crippen LogP contribution in [0.25, 0.3) is 16.9 Å². The van der Waals surface area contributed by atoms with Gasteiger partial charge in [0.1, 0.15) is 5.75 Å². The third-order valence-corrected chi connectivity index (χ3v) is 5.23. The molecule has 0 N–H and O–H groups in total. The monoisotopic (exact) mass is 411 g/mol. The molecular formula is C26H25N3O2. The molecule has 1 heterocycles. The Bertz CT molecular complexity index is 1150. The molecule has 0 aliphatic heterocycles. The highest BCUT2D eigenvalue weighted by molar-refractivity contribution is 5.79. The third-order valence-electron chi connectivity index (χ3n) is 5.23. The van der Waals surface area contributed by atoms with Crippen LogP contribution in [0.15, 0.2) is 91.1 Å². The minimum absolute atomic E-state index is 0.0240. The van der Waals surface area contributed by atoms with Gasteiger partial charge >= 0.3 is 0 Å². The Hall–Kier alpha value is -3.86. The number of nitrogens with zero attached hydrogens (tertiary/aromatic N) is 3. The average molecular weight is 412 g/mol. The maximum Gasteiger partial charge on any atom is 0.227 e. The van der Waals surface area contributed by atoms with Gasteiger partial charge in [-0.2, -0.15) is 5.10 Å². The first-order valence-electron chi connectivity index (χ1n) is 10.2. The molecule has 31 heavy (non-hydrogen) atoms. The summed E-state index contributed by atoms with van der Waals surface area (Å²) in [6.07, 6.45) is 2.29. The Kier molecular flexibility index (Phi) is 6.13. The van der Waals surface area contributed by atoms with Gasteiger partial charge in [-0.15, -0.1) is 0 Å². The van der Waals surface area contributed by atoms with Crippen molar-refractivity contribution in [2.45, 2.75) is 13.0 Å². The molecule has 5 heteroatoms. The van der Waals surface area contributed by atoms with Crippen LogP contribution in [0.5, 0.6) is 5.75 Å². The Labute approximate surface area is 182 Å². The summed E-state index contributed by atoms with van der Waals surface area (Å²) in [5.74, 6) is 0.752. The summed E-state index contributed by atoms with van der Waals surface area (Å²) in [7, 11) is 3.45. The lowest BCUT2D eigenvalue weighted by molar-refractivity contribution is -0.129. The first-order chi connectivity index (χ1) is 15.2. The average Bonchev–Trinajstić information content (AvgIpc) is 3.24. The first-order valence-corrected chi connectivity index (χ1v) is 10.2. The summed E-state index contributed by atoms with van der Waals surface area (Å²) in [6, 6.07) is 27.7. The topological polar surface area (TPSA) is 47.4 Å². The molecule has 3 aromatic carbocycles. The van der Waals surface area contributed by atoms with Gasteiger partial charge in [-0.3, -0.25) is 4.79 Å². The van der Waals surface area contributed by atoms with Gasteiger partial charge in [0.25, 0.3) is 0 Å². The van der Waals surface area contributed by atoms with E-state index in [9.17, 15) is 4.79 Å². The summed E-state index contributed by atoms with van der Waals surface area (Å²) < 4.78 is 7.26. The number of aromatic nitrogens is 2. The van der Waals surface area contributed by atoms with Crippen LogP contribution in [0.3, 0.4) is 0 Å². The van der Waals surface area contributed by atoms with Crippen molar-refractivity contribution in [1.29, 1.82) is 0 Å². The number of benzene rings is 3. The third kappa shape index (κ3) is 4.67. The Balaban J connectivity index is 1.60. The number of likely N-dealkylation sites (N-methyl/N-ethyl adjacent to an activating group) is 1. The Morgan fingerprint density at radius 2 is 1.55 bits per heavy atom. The molecular weight excluding hydrogens is 386 g/mol. The Morgan fingerprint density at radius 1 is 0.903 bits per heavy atom. The number of amides is 1. The molecule has 0 saturated heterocycles. The number of hydrogen-bond acceptors (Lipinski definition) is 3. The zero-order chi connectivity index (χ0) is 21.6. The predicted molar refractivity (Wildman–Crippen MR) is 122 cm³/mol. The van der Waals surface area contributed by atoms with E-state index in [2.05, 4.69) is 0 Å². The lowest BCUT2D eigenvalue weighted by Crippen LogP contribution is -2.28. The standard InChI is InChI=1S/C26H25N3O2/c1-28(25(30)17-21-13-9-10-16-24(21)31-2)18-22-19-29(23-14-7-4-8-15-23)27-26(22)20-11-5-3-6-12-20/h3-16,19H,17-18H2,1-2H3. The van der Waals surface area contributed by atoms with Crippen LogP contribution in [-0.4, -0.2) is 34.7 Å². The molecule has 1 aromatic heterocycles. The van der Waals surface area contributed by atoms with Crippen molar-refractivity contribution >= 4 is 5.91 Å². The number of hydrogen-bond donors (Lipinski definition) is 0. The molecule has 0 aliphatic rings. The molecule has 0 spiro atoms. The van der Waals surface area contributed by atoms with Crippen molar-refractivity contribution in [3.05, 3.63) is 102 Å². The first kappa shape index (κ1) is 20.4. The molecule has 4 aromatic rings. The van der Waals surface area contributed by atoms with E-state index < -0.39 is 0 Å². The van der Waals surface area contributed by atoms with Crippen molar-refractivity contribution < 1.29 is 9.53 Å². The van der Waals surface area contributed by atoms with Gasteiger partial charge in [-0.1, -0.05) is 66.7 Å². The van der Waals surface area contributed by atoms with Crippen LogP contribution in [0.1, 0.15) is 11.1 Å². The van der Waals surface area contributed by atoms with Gasteiger partial charge in [-0.05, 0) is 18.2 Å². The largest absolute Gasteiger partial charge is 0.496 e. The maximum absolute atomic E-state index is 13.0. The minimum atomic E-state index is 0.0240. The minimum Gasteiger partial charge on any atom is -0.496 e. The van der Waals surface area contributed by atoms with Gasteiger partial charge in [-0.25, -0.2) is 4.68 Å². The number of rotatable bonds is 7. The predicted octanol–water partition coefficient (Wildman–Crippen LogP) is 4.75. The van der Waals surface area contributed by atoms with Crippen LogP contribution in [0.2, 0.25) is 0 Å². The summed E-state index contributed by atoms with van der Waals surface area (Å²) in [5, 5.41) is 4.83. The Morgan fingerprint density at radius 3 is 2.26 bits per heavy atom. The van der Waals surface area contributed by atoms with E-state index in [1.165, 1.54) is 0 Å². The lowest BCUT2D eigenvalue weighted by atomic mass is 10.1. The molecule has 156 valence electrons. The molecule has 0 aliphatic carbocycles. The van der Waals surface area contributed by atoms with Crippen molar-refractivity contribution in [2.24, 2.45) is 0 Å². The van der Waals surface area contributed by atoms with Crippen molar-refractivity contribution in [3.63, 3.8) is 0 Å². The fraction of sp³-hybridized carbons (Fsp3) is 0.154. The number of carbonyl (C=O) groups is 1.